The van der Waals surface area contributed by atoms with Gasteiger partial charge in [0.25, 0.3) is 5.56 Å². The second-order valence-electron chi connectivity index (χ2n) is 12.3. The minimum Gasteiger partial charge on any atom is -0.495 e. The van der Waals surface area contributed by atoms with Gasteiger partial charge in [-0.05, 0) is 51.7 Å². The average Bonchev–Trinajstić information content (AvgIpc) is 3.58. The van der Waals surface area contributed by atoms with Crippen LogP contribution in [0.2, 0.25) is 0 Å². The van der Waals surface area contributed by atoms with E-state index in [0.29, 0.717) is 43.7 Å². The van der Waals surface area contributed by atoms with Crippen molar-refractivity contribution < 1.29 is 45.9 Å². The molecule has 3 heterocycles. The Morgan fingerprint density at radius 3 is 2.58 bits per heavy atom. The Labute approximate surface area is 306 Å². The zero-order valence-corrected chi connectivity index (χ0v) is 33.0. The van der Waals surface area contributed by atoms with E-state index in [2.05, 4.69) is 46.6 Å². The van der Waals surface area contributed by atoms with E-state index in [9.17, 15) is 19.3 Å². The molecule has 1 aromatic carbocycles. The smallest absolute Gasteiger partial charge is 0.346 e. The number of H-pyrrole nitrogens is 1. The van der Waals surface area contributed by atoms with Gasteiger partial charge < -0.3 is 48.4 Å². The SMILES string of the molecule is COc1cc2c(cc1N)C(C)=CC(C)(C)N2CCCC(=O)NC/C=C/c1cn([C@H]2CC[C@@H](COP(OC)OP(OC)OP(O)OC)O2)c(=O)[nH]c1=O. The number of hydrogen-bond donors (Lipinski definition) is 4. The Morgan fingerprint density at radius 2 is 1.88 bits per heavy atom. The van der Waals surface area contributed by atoms with E-state index in [1.807, 2.05) is 12.1 Å². The number of aromatic nitrogens is 2. The summed E-state index contributed by atoms with van der Waals surface area (Å²) in [6, 6.07) is 3.88. The molecule has 0 saturated carbocycles. The molecule has 2 aliphatic heterocycles. The molecule has 3 unspecified atom stereocenters. The van der Waals surface area contributed by atoms with Gasteiger partial charge in [0.15, 0.2) is 0 Å². The first-order chi connectivity index (χ1) is 24.8. The Hall–Kier alpha value is -2.78. The first-order valence-corrected chi connectivity index (χ1v) is 19.7. The van der Waals surface area contributed by atoms with Crippen LogP contribution in [0.15, 0.2) is 40.1 Å². The number of carbonyl (C=O) groups is 1. The maximum atomic E-state index is 12.7. The van der Waals surface area contributed by atoms with Crippen molar-refractivity contribution in [3.8, 4) is 5.75 Å². The number of nitrogens with two attached hydrogens (primary N) is 1. The van der Waals surface area contributed by atoms with Crippen LogP contribution in [0.1, 0.15) is 63.8 Å². The molecule has 0 spiro atoms. The van der Waals surface area contributed by atoms with E-state index in [1.54, 1.807) is 19.3 Å². The number of methoxy groups -OCH3 is 1. The molecule has 1 amide bonds. The molecule has 1 fully saturated rings. The van der Waals surface area contributed by atoms with Gasteiger partial charge in [-0.2, -0.15) is 0 Å². The molecule has 1 saturated heterocycles. The van der Waals surface area contributed by atoms with Gasteiger partial charge in [0, 0.05) is 64.4 Å². The summed E-state index contributed by atoms with van der Waals surface area (Å²) in [6.45, 7) is 7.24. The van der Waals surface area contributed by atoms with E-state index in [1.165, 1.54) is 32.1 Å². The zero-order chi connectivity index (χ0) is 38.0. The number of carbonyl (C=O) groups excluding carboxylic acids is 1. The summed E-state index contributed by atoms with van der Waals surface area (Å²) >= 11 is 0. The lowest BCUT2D eigenvalue weighted by Crippen LogP contribution is -2.45. The van der Waals surface area contributed by atoms with Gasteiger partial charge in [-0.25, -0.2) is 13.4 Å². The topological polar surface area (TPSA) is 207 Å². The molecule has 0 radical (unpaired) electrons. The lowest BCUT2D eigenvalue weighted by atomic mass is 9.88. The highest BCUT2D eigenvalue weighted by Gasteiger charge is 2.33. The maximum Gasteiger partial charge on any atom is 0.346 e. The van der Waals surface area contributed by atoms with Gasteiger partial charge in [-0.15, -0.1) is 0 Å². The van der Waals surface area contributed by atoms with Crippen LogP contribution < -0.4 is 31.9 Å². The fourth-order valence-corrected chi connectivity index (χ4v) is 8.81. The fraction of sp³-hybridized carbons (Fsp3) is 0.531. The fourth-order valence-electron chi connectivity index (χ4n) is 5.88. The van der Waals surface area contributed by atoms with E-state index >= 15 is 0 Å². The molecule has 17 nitrogen and oxygen atoms in total. The first kappa shape index (κ1) is 42.0. The highest BCUT2D eigenvalue weighted by Crippen LogP contribution is 2.60. The molecule has 20 heteroatoms. The van der Waals surface area contributed by atoms with Crippen molar-refractivity contribution >= 4 is 54.7 Å². The number of nitrogens with one attached hydrogen (secondary N) is 2. The van der Waals surface area contributed by atoms with Crippen LogP contribution in [-0.4, -0.2) is 80.1 Å². The van der Waals surface area contributed by atoms with E-state index in [4.69, 9.17) is 37.4 Å². The molecular formula is C32H48N5O12P3. The number of anilines is 2. The summed E-state index contributed by atoms with van der Waals surface area (Å²) in [5.74, 6) is 0.479. The zero-order valence-electron chi connectivity index (χ0n) is 30.3. The van der Waals surface area contributed by atoms with Crippen molar-refractivity contribution in [1.82, 2.24) is 14.9 Å². The summed E-state index contributed by atoms with van der Waals surface area (Å²) in [7, 11) is -0.474. The summed E-state index contributed by atoms with van der Waals surface area (Å²) < 4.78 is 44.1. The van der Waals surface area contributed by atoms with Gasteiger partial charge in [0.05, 0.1) is 36.6 Å². The number of amides is 1. The normalized spacial score (nSPS) is 20.0. The number of hydrogen-bond acceptors (Lipinski definition) is 14. The van der Waals surface area contributed by atoms with Crippen molar-refractivity contribution in [1.29, 1.82) is 0 Å². The second-order valence-corrected chi connectivity index (χ2v) is 16.3. The number of allylic oxidation sites excluding steroid dienone is 1. The standard InChI is InChI=1S/C32H48N5O12P3/c1-21-18-32(2,3)37(26-17-27(42-4)25(33)16-24(21)26)15-9-11-28(38)34-14-8-10-22-19-36(31(40)35-30(22)39)29-13-12-23(47-29)20-46-51(44-6)49-52(45-7)48-50(41)43-5/h8,10,16-19,23,29,41H,9,11-15,20,33H2,1-7H3,(H,34,38)(H,35,39,40)/b10-8+/t23-,29+,50?,51?,52?/m0/s1. The van der Waals surface area contributed by atoms with Crippen LogP contribution >= 0.6 is 25.8 Å². The summed E-state index contributed by atoms with van der Waals surface area (Å²) in [4.78, 5) is 52.1. The lowest BCUT2D eigenvalue weighted by molar-refractivity contribution is -0.120. The molecule has 288 valence electrons. The van der Waals surface area contributed by atoms with Gasteiger partial charge in [0.2, 0.25) is 5.91 Å². The molecule has 1 aromatic heterocycles. The third-order valence-electron chi connectivity index (χ3n) is 8.31. The predicted octanol–water partition coefficient (Wildman–Crippen LogP) is 5.08. The van der Waals surface area contributed by atoms with Crippen LogP contribution in [0.25, 0.3) is 11.6 Å². The number of aromatic amines is 1. The molecule has 52 heavy (non-hydrogen) atoms. The molecule has 2 aromatic rings. The van der Waals surface area contributed by atoms with Crippen LogP contribution in [-0.2, 0) is 36.2 Å². The van der Waals surface area contributed by atoms with Crippen LogP contribution in [0.4, 0.5) is 11.4 Å². The Kier molecular flexibility index (Phi) is 15.8. The van der Waals surface area contributed by atoms with Crippen molar-refractivity contribution in [2.75, 3.05) is 58.8 Å². The number of benzene rings is 1. The van der Waals surface area contributed by atoms with Crippen molar-refractivity contribution in [2.45, 2.75) is 64.3 Å². The number of rotatable bonds is 19. The monoisotopic (exact) mass is 787 g/mol. The molecule has 5 atom stereocenters. The van der Waals surface area contributed by atoms with E-state index < -0.39 is 49.4 Å². The van der Waals surface area contributed by atoms with Gasteiger partial charge >= 0.3 is 31.5 Å². The van der Waals surface area contributed by atoms with Gasteiger partial charge in [0.1, 0.15) is 12.0 Å². The molecular weight excluding hydrogens is 739 g/mol. The number of nitrogens with zero attached hydrogens (tertiary/aromatic N) is 2. The van der Waals surface area contributed by atoms with Gasteiger partial charge in [-0.1, -0.05) is 18.2 Å². The minimum atomic E-state index is -2.18. The minimum absolute atomic E-state index is 0.0787. The summed E-state index contributed by atoms with van der Waals surface area (Å²) in [5.41, 5.74) is 8.71. The average molecular weight is 788 g/mol. The molecule has 4 rings (SSSR count). The van der Waals surface area contributed by atoms with Crippen LogP contribution in [0.3, 0.4) is 0 Å². The first-order valence-electron chi connectivity index (χ1n) is 16.4. The third kappa shape index (κ3) is 11.1. The highest BCUT2D eigenvalue weighted by molar-refractivity contribution is 7.61. The van der Waals surface area contributed by atoms with Crippen LogP contribution in [0, 0.1) is 0 Å². The molecule has 0 aliphatic carbocycles. The molecule has 2 aliphatic rings. The Bertz CT molecular complexity index is 1700. The molecule has 5 N–H and O–H groups in total. The number of nitrogen functional groups attached to an aromatic ring is 1. The van der Waals surface area contributed by atoms with Crippen molar-refractivity contribution in [3.05, 3.63) is 62.4 Å². The lowest BCUT2D eigenvalue weighted by Gasteiger charge is -2.43. The van der Waals surface area contributed by atoms with E-state index in [-0.39, 0.29) is 30.2 Å². The highest BCUT2D eigenvalue weighted by atomic mass is 31.3. The van der Waals surface area contributed by atoms with Crippen molar-refractivity contribution in [3.63, 3.8) is 0 Å². The van der Waals surface area contributed by atoms with E-state index in [0.717, 1.165) is 16.8 Å². The van der Waals surface area contributed by atoms with Gasteiger partial charge in [-0.3, -0.25) is 19.1 Å². The third-order valence-corrected chi connectivity index (χ3v) is 11.7. The Morgan fingerprint density at radius 1 is 1.13 bits per heavy atom. The molecule has 0 bridgehead atoms. The number of fused-ring (bicyclic) bond motifs is 1. The summed E-state index contributed by atoms with van der Waals surface area (Å²) in [5, 5.41) is 2.86. The predicted molar refractivity (Wildman–Crippen MR) is 200 cm³/mol. The summed E-state index contributed by atoms with van der Waals surface area (Å²) in [6.07, 6.45) is 7.74. The quantitative estimate of drug-likeness (QED) is 0.108. The maximum absolute atomic E-state index is 12.7. The van der Waals surface area contributed by atoms with Crippen molar-refractivity contribution in [2.24, 2.45) is 0 Å². The largest absolute Gasteiger partial charge is 0.495 e. The Balaban J connectivity index is 1.26. The number of ether oxygens (including phenoxy) is 2. The van der Waals surface area contributed by atoms with Crippen LogP contribution in [0.5, 0.6) is 5.75 Å². The second kappa shape index (κ2) is 19.5.